The van der Waals surface area contributed by atoms with Gasteiger partial charge in [-0.15, -0.1) is 0 Å². The molecule has 0 heterocycles. The number of amides is 2. The molecule has 0 spiro atoms. The van der Waals surface area contributed by atoms with Gasteiger partial charge in [0.1, 0.15) is 11.9 Å². The van der Waals surface area contributed by atoms with E-state index in [-0.39, 0.29) is 11.8 Å². The third-order valence-electron chi connectivity index (χ3n) is 2.88. The van der Waals surface area contributed by atoms with Crippen molar-refractivity contribution in [2.75, 3.05) is 5.32 Å². The Morgan fingerprint density at radius 3 is 2.40 bits per heavy atom. The highest BCUT2D eigenvalue weighted by Gasteiger charge is 2.25. The zero-order chi connectivity index (χ0) is 15.5. The molecule has 20 heavy (non-hydrogen) atoms. The Morgan fingerprint density at radius 1 is 1.25 bits per heavy atom. The monoisotopic (exact) mass is 280 g/mol. The van der Waals surface area contributed by atoms with Crippen molar-refractivity contribution in [1.29, 1.82) is 0 Å². The second-order valence-corrected chi connectivity index (χ2v) is 5.89. The molecule has 0 aliphatic heterocycles. The Kier molecular flexibility index (Phi) is 4.87. The van der Waals surface area contributed by atoms with Gasteiger partial charge in [-0.05, 0) is 31.5 Å². The first-order valence-electron chi connectivity index (χ1n) is 6.49. The molecule has 1 rings (SSSR count). The lowest BCUT2D eigenvalue weighted by Gasteiger charge is -2.21. The molecule has 1 aromatic rings. The van der Waals surface area contributed by atoms with Crippen LogP contribution in [0.3, 0.4) is 0 Å². The molecule has 2 N–H and O–H groups in total. The summed E-state index contributed by atoms with van der Waals surface area (Å²) in [5.74, 6) is -1.01. The van der Waals surface area contributed by atoms with Gasteiger partial charge in [-0.25, -0.2) is 4.39 Å². The zero-order valence-electron chi connectivity index (χ0n) is 12.5. The minimum absolute atomic E-state index is 0.212. The van der Waals surface area contributed by atoms with E-state index in [4.69, 9.17) is 0 Å². The van der Waals surface area contributed by atoms with Crippen LogP contribution in [0.1, 0.15) is 33.3 Å². The number of aryl methyl sites for hydroxylation is 1. The van der Waals surface area contributed by atoms with Crippen LogP contribution >= 0.6 is 0 Å². The summed E-state index contributed by atoms with van der Waals surface area (Å²) in [5.41, 5.74) is 0.601. The maximum absolute atomic E-state index is 13.1. The fourth-order valence-corrected chi connectivity index (χ4v) is 1.45. The second kappa shape index (κ2) is 6.03. The quantitative estimate of drug-likeness (QED) is 0.894. The van der Waals surface area contributed by atoms with Crippen molar-refractivity contribution in [3.05, 3.63) is 29.6 Å². The molecule has 2 amide bonds. The molecule has 1 unspecified atom stereocenters. The fraction of sp³-hybridized carbons (Fsp3) is 0.467. The molecule has 0 radical (unpaired) electrons. The first-order valence-corrected chi connectivity index (χ1v) is 6.49. The van der Waals surface area contributed by atoms with Crippen LogP contribution in [0.15, 0.2) is 18.2 Å². The molecule has 110 valence electrons. The number of hydrogen-bond acceptors (Lipinski definition) is 2. The lowest BCUT2D eigenvalue weighted by molar-refractivity contribution is -0.131. The molecule has 0 bridgehead atoms. The maximum Gasteiger partial charge on any atom is 0.246 e. The second-order valence-electron chi connectivity index (χ2n) is 5.89. The number of carbonyl (C=O) groups is 2. The van der Waals surface area contributed by atoms with Crippen LogP contribution in [0.2, 0.25) is 0 Å². The average Bonchev–Trinajstić information content (AvgIpc) is 2.32. The van der Waals surface area contributed by atoms with Crippen LogP contribution in [0.4, 0.5) is 10.1 Å². The summed E-state index contributed by atoms with van der Waals surface area (Å²) < 4.78 is 13.1. The minimum Gasteiger partial charge on any atom is -0.344 e. The van der Waals surface area contributed by atoms with Crippen molar-refractivity contribution >= 4 is 17.5 Å². The van der Waals surface area contributed by atoms with Crippen molar-refractivity contribution in [3.63, 3.8) is 0 Å². The molecule has 0 aliphatic carbocycles. The Labute approximate surface area is 118 Å². The highest BCUT2D eigenvalue weighted by atomic mass is 19.1. The highest BCUT2D eigenvalue weighted by Crippen LogP contribution is 2.17. The van der Waals surface area contributed by atoms with Gasteiger partial charge in [-0.3, -0.25) is 9.59 Å². The Balaban J connectivity index is 2.71. The van der Waals surface area contributed by atoms with E-state index < -0.39 is 17.3 Å². The Morgan fingerprint density at radius 2 is 1.85 bits per heavy atom. The van der Waals surface area contributed by atoms with Gasteiger partial charge in [0.2, 0.25) is 11.8 Å². The molecule has 4 nitrogen and oxygen atoms in total. The van der Waals surface area contributed by atoms with Gasteiger partial charge in [0.25, 0.3) is 0 Å². The van der Waals surface area contributed by atoms with Gasteiger partial charge < -0.3 is 10.6 Å². The van der Waals surface area contributed by atoms with Crippen LogP contribution in [-0.2, 0) is 9.59 Å². The third-order valence-corrected chi connectivity index (χ3v) is 2.88. The van der Waals surface area contributed by atoms with E-state index in [1.165, 1.54) is 12.1 Å². The summed E-state index contributed by atoms with van der Waals surface area (Å²) in [6, 6.07) is 3.48. The Hall–Kier alpha value is -1.91. The number of benzene rings is 1. The summed E-state index contributed by atoms with van der Waals surface area (Å²) in [6.45, 7) is 8.66. The van der Waals surface area contributed by atoms with Gasteiger partial charge in [0.05, 0.1) is 0 Å². The number of nitrogens with one attached hydrogen (secondary N) is 2. The van der Waals surface area contributed by atoms with E-state index in [0.29, 0.717) is 5.69 Å². The molecule has 1 aromatic carbocycles. The largest absolute Gasteiger partial charge is 0.344 e. The first kappa shape index (κ1) is 16.1. The van der Waals surface area contributed by atoms with E-state index >= 15 is 0 Å². The first-order chi connectivity index (χ1) is 9.11. The number of hydrogen-bond donors (Lipinski definition) is 2. The van der Waals surface area contributed by atoms with Crippen molar-refractivity contribution in [1.82, 2.24) is 5.32 Å². The molecule has 5 heteroatoms. The fourth-order valence-electron chi connectivity index (χ4n) is 1.45. The molecule has 0 fully saturated rings. The summed E-state index contributed by atoms with van der Waals surface area (Å²) in [6.07, 6.45) is 0. The summed E-state index contributed by atoms with van der Waals surface area (Å²) in [7, 11) is 0. The number of carbonyl (C=O) groups excluding carboxylic acids is 2. The highest BCUT2D eigenvalue weighted by molar-refractivity contribution is 5.97. The molecule has 0 saturated heterocycles. The van der Waals surface area contributed by atoms with Crippen LogP contribution in [-0.4, -0.2) is 17.9 Å². The third kappa shape index (κ3) is 4.33. The molecular formula is C15H21FN2O2. The van der Waals surface area contributed by atoms with Gasteiger partial charge >= 0.3 is 0 Å². The van der Waals surface area contributed by atoms with Crippen LogP contribution < -0.4 is 10.6 Å². The van der Waals surface area contributed by atoms with Gasteiger partial charge in [-0.1, -0.05) is 26.8 Å². The molecule has 1 atom stereocenters. The molecule has 0 saturated carbocycles. The Bertz CT molecular complexity index is 521. The topological polar surface area (TPSA) is 58.2 Å². The van der Waals surface area contributed by atoms with Gasteiger partial charge in [0, 0.05) is 11.1 Å². The maximum atomic E-state index is 13.1. The predicted molar refractivity (Wildman–Crippen MR) is 76.8 cm³/mol. The normalized spacial score (nSPS) is 12.7. The van der Waals surface area contributed by atoms with Crippen molar-refractivity contribution < 1.29 is 14.0 Å². The lowest BCUT2D eigenvalue weighted by Crippen LogP contribution is -2.46. The smallest absolute Gasteiger partial charge is 0.246 e. The molecular weight excluding hydrogens is 259 g/mol. The zero-order valence-corrected chi connectivity index (χ0v) is 12.5. The van der Waals surface area contributed by atoms with E-state index in [0.717, 1.165) is 5.56 Å². The number of anilines is 1. The van der Waals surface area contributed by atoms with Crippen LogP contribution in [0, 0.1) is 18.2 Å². The minimum atomic E-state index is -0.690. The van der Waals surface area contributed by atoms with Crippen molar-refractivity contribution in [2.24, 2.45) is 5.41 Å². The van der Waals surface area contributed by atoms with Gasteiger partial charge in [0.15, 0.2) is 0 Å². The van der Waals surface area contributed by atoms with E-state index in [2.05, 4.69) is 10.6 Å². The standard InChI is InChI=1S/C15H21FN2O2/c1-9-6-7-11(16)8-12(9)18-13(19)10(2)17-14(20)15(3,4)5/h6-8,10H,1-5H3,(H,17,20)(H,18,19). The molecule has 0 aliphatic rings. The average molecular weight is 280 g/mol. The van der Waals surface area contributed by atoms with Crippen molar-refractivity contribution in [3.8, 4) is 0 Å². The van der Waals surface area contributed by atoms with E-state index in [9.17, 15) is 14.0 Å². The molecule has 0 aromatic heterocycles. The number of halogens is 1. The van der Waals surface area contributed by atoms with Crippen LogP contribution in [0.25, 0.3) is 0 Å². The number of rotatable bonds is 3. The lowest BCUT2D eigenvalue weighted by atomic mass is 9.95. The summed E-state index contributed by atoms with van der Waals surface area (Å²) >= 11 is 0. The SMILES string of the molecule is Cc1ccc(F)cc1NC(=O)C(C)NC(=O)C(C)(C)C. The summed E-state index contributed by atoms with van der Waals surface area (Å²) in [4.78, 5) is 23.8. The predicted octanol–water partition coefficient (Wildman–Crippen LogP) is 2.62. The van der Waals surface area contributed by atoms with Crippen LogP contribution in [0.5, 0.6) is 0 Å². The van der Waals surface area contributed by atoms with E-state index in [1.54, 1.807) is 40.7 Å². The van der Waals surface area contributed by atoms with Crippen molar-refractivity contribution in [2.45, 2.75) is 40.7 Å². The van der Waals surface area contributed by atoms with Gasteiger partial charge in [-0.2, -0.15) is 0 Å². The summed E-state index contributed by atoms with van der Waals surface area (Å²) in [5, 5.41) is 5.24. The van der Waals surface area contributed by atoms with E-state index in [1.807, 2.05) is 0 Å².